The molecule has 0 aromatic heterocycles. The van der Waals surface area contributed by atoms with Crippen LogP contribution in [0.2, 0.25) is 0 Å². The lowest BCUT2D eigenvalue weighted by atomic mass is 10.2. The lowest BCUT2D eigenvalue weighted by molar-refractivity contribution is -0.0184. The van der Waals surface area contributed by atoms with Crippen LogP contribution in [-0.2, 0) is 4.74 Å². The normalized spacial score (nSPS) is 25.2. The minimum absolute atomic E-state index is 0.174. The Kier molecular flexibility index (Phi) is 2.67. The second kappa shape index (κ2) is 3.54. The van der Waals surface area contributed by atoms with Gasteiger partial charge in [-0.2, -0.15) is 0 Å². The third-order valence-electron chi connectivity index (χ3n) is 1.68. The van der Waals surface area contributed by atoms with Crippen molar-refractivity contribution in [3.63, 3.8) is 0 Å². The summed E-state index contributed by atoms with van der Waals surface area (Å²) >= 11 is 0. The molecule has 1 heterocycles. The average Bonchev–Trinajstić information content (AvgIpc) is 2.04. The minimum Gasteiger partial charge on any atom is -0.465 e. The number of hydrogen-bond acceptors (Lipinski definition) is 3. The Balaban J connectivity index is 2.51. The maximum absolute atomic E-state index is 10.5. The van der Waals surface area contributed by atoms with Crippen LogP contribution >= 0.6 is 0 Å². The van der Waals surface area contributed by atoms with Crippen molar-refractivity contribution < 1.29 is 19.7 Å². The SMILES string of the molecule is O=C(O)N1CCOC[C@@H]1CO. The minimum atomic E-state index is -0.993. The summed E-state index contributed by atoms with van der Waals surface area (Å²) in [6, 6.07) is -0.388. The topological polar surface area (TPSA) is 70.0 Å². The zero-order chi connectivity index (χ0) is 8.27. The Bertz CT molecular complexity index is 150. The maximum atomic E-state index is 10.5. The fourth-order valence-corrected chi connectivity index (χ4v) is 1.06. The molecule has 1 saturated heterocycles. The molecule has 2 N–H and O–H groups in total. The van der Waals surface area contributed by atoms with Crippen LogP contribution in [-0.4, -0.2) is 53.6 Å². The smallest absolute Gasteiger partial charge is 0.407 e. The van der Waals surface area contributed by atoms with Gasteiger partial charge in [0.15, 0.2) is 0 Å². The van der Waals surface area contributed by atoms with Crippen LogP contribution in [0.4, 0.5) is 4.79 Å². The maximum Gasteiger partial charge on any atom is 0.407 e. The molecule has 0 aromatic rings. The number of rotatable bonds is 1. The summed E-state index contributed by atoms with van der Waals surface area (Å²) in [5.41, 5.74) is 0. The van der Waals surface area contributed by atoms with E-state index in [1.54, 1.807) is 0 Å². The fourth-order valence-electron chi connectivity index (χ4n) is 1.06. The molecule has 0 aliphatic carbocycles. The number of amides is 1. The summed E-state index contributed by atoms with van der Waals surface area (Å²) in [6.07, 6.45) is -0.993. The predicted octanol–water partition coefficient (Wildman–Crippen LogP) is -0.642. The average molecular weight is 161 g/mol. The van der Waals surface area contributed by atoms with Crippen molar-refractivity contribution in [3.05, 3.63) is 0 Å². The van der Waals surface area contributed by atoms with Gasteiger partial charge < -0.3 is 14.9 Å². The highest BCUT2D eigenvalue weighted by Crippen LogP contribution is 2.05. The number of carbonyl (C=O) groups is 1. The predicted molar refractivity (Wildman–Crippen MR) is 36.4 cm³/mol. The Morgan fingerprint density at radius 3 is 2.91 bits per heavy atom. The van der Waals surface area contributed by atoms with E-state index >= 15 is 0 Å². The summed E-state index contributed by atoms with van der Waals surface area (Å²) < 4.78 is 4.99. The van der Waals surface area contributed by atoms with E-state index in [-0.39, 0.29) is 12.6 Å². The monoisotopic (exact) mass is 161 g/mol. The number of aliphatic hydroxyl groups excluding tert-OH is 1. The van der Waals surface area contributed by atoms with Crippen LogP contribution in [0.1, 0.15) is 0 Å². The molecule has 0 spiro atoms. The van der Waals surface area contributed by atoms with Gasteiger partial charge in [-0.05, 0) is 0 Å². The Hall–Kier alpha value is -0.810. The van der Waals surface area contributed by atoms with Crippen molar-refractivity contribution in [2.75, 3.05) is 26.4 Å². The molecule has 1 aliphatic heterocycles. The van der Waals surface area contributed by atoms with Crippen molar-refractivity contribution in [2.45, 2.75) is 6.04 Å². The van der Waals surface area contributed by atoms with E-state index in [1.165, 1.54) is 4.90 Å². The van der Waals surface area contributed by atoms with E-state index in [9.17, 15) is 4.79 Å². The van der Waals surface area contributed by atoms with Crippen molar-refractivity contribution in [2.24, 2.45) is 0 Å². The standard InChI is InChI=1S/C6H11NO4/c8-3-5-4-11-2-1-7(5)6(9)10/h5,8H,1-4H2,(H,9,10)/t5-/m0/s1. The summed E-state index contributed by atoms with van der Waals surface area (Å²) in [6.45, 7) is 0.887. The van der Waals surface area contributed by atoms with Gasteiger partial charge in [0.25, 0.3) is 0 Å². The lowest BCUT2D eigenvalue weighted by Gasteiger charge is -2.31. The van der Waals surface area contributed by atoms with Crippen LogP contribution in [0.25, 0.3) is 0 Å². The molecule has 1 amide bonds. The largest absolute Gasteiger partial charge is 0.465 e. The Labute approximate surface area is 64.2 Å². The number of aliphatic hydroxyl groups is 1. The van der Waals surface area contributed by atoms with E-state index in [4.69, 9.17) is 14.9 Å². The van der Waals surface area contributed by atoms with Gasteiger partial charge >= 0.3 is 6.09 Å². The number of ether oxygens (including phenoxy) is 1. The molecular weight excluding hydrogens is 150 g/mol. The van der Waals surface area contributed by atoms with Crippen molar-refractivity contribution in [1.29, 1.82) is 0 Å². The fraction of sp³-hybridized carbons (Fsp3) is 0.833. The molecule has 5 heteroatoms. The molecule has 0 bridgehead atoms. The van der Waals surface area contributed by atoms with Crippen molar-refractivity contribution in [1.82, 2.24) is 4.90 Å². The van der Waals surface area contributed by atoms with Gasteiger partial charge in [-0.15, -0.1) is 0 Å². The van der Waals surface area contributed by atoms with Crippen LogP contribution in [0, 0.1) is 0 Å². The Morgan fingerprint density at radius 2 is 2.45 bits per heavy atom. The van der Waals surface area contributed by atoms with Gasteiger partial charge in [-0.25, -0.2) is 4.79 Å². The van der Waals surface area contributed by atoms with E-state index in [0.717, 1.165) is 0 Å². The van der Waals surface area contributed by atoms with Crippen LogP contribution in [0.15, 0.2) is 0 Å². The first kappa shape index (κ1) is 8.29. The summed E-state index contributed by atoms with van der Waals surface area (Å²) in [5, 5.41) is 17.3. The number of carboxylic acid groups (broad SMARTS) is 1. The first-order valence-electron chi connectivity index (χ1n) is 3.44. The summed E-state index contributed by atoms with van der Waals surface area (Å²) in [5.74, 6) is 0. The van der Waals surface area contributed by atoms with E-state index in [1.807, 2.05) is 0 Å². The zero-order valence-corrected chi connectivity index (χ0v) is 6.06. The first-order chi connectivity index (χ1) is 5.25. The van der Waals surface area contributed by atoms with Gasteiger partial charge in [0, 0.05) is 6.54 Å². The number of hydrogen-bond donors (Lipinski definition) is 2. The molecule has 0 radical (unpaired) electrons. The molecule has 0 aromatic carbocycles. The lowest BCUT2D eigenvalue weighted by Crippen LogP contribution is -2.49. The summed E-state index contributed by atoms with van der Waals surface area (Å²) in [4.78, 5) is 11.7. The van der Waals surface area contributed by atoms with E-state index < -0.39 is 6.09 Å². The van der Waals surface area contributed by atoms with Crippen molar-refractivity contribution >= 4 is 6.09 Å². The van der Waals surface area contributed by atoms with Crippen LogP contribution < -0.4 is 0 Å². The highest BCUT2D eigenvalue weighted by Gasteiger charge is 2.25. The second-order valence-corrected chi connectivity index (χ2v) is 2.39. The van der Waals surface area contributed by atoms with E-state index in [2.05, 4.69) is 0 Å². The molecule has 11 heavy (non-hydrogen) atoms. The molecule has 0 unspecified atom stereocenters. The van der Waals surface area contributed by atoms with Gasteiger partial charge in [0.2, 0.25) is 0 Å². The van der Waals surface area contributed by atoms with E-state index in [0.29, 0.717) is 19.8 Å². The molecule has 64 valence electrons. The molecule has 1 fully saturated rings. The third kappa shape index (κ3) is 1.81. The van der Waals surface area contributed by atoms with Gasteiger partial charge in [-0.1, -0.05) is 0 Å². The van der Waals surface area contributed by atoms with Crippen molar-refractivity contribution in [3.8, 4) is 0 Å². The first-order valence-corrected chi connectivity index (χ1v) is 3.44. The second-order valence-electron chi connectivity index (χ2n) is 2.39. The van der Waals surface area contributed by atoms with Gasteiger partial charge in [0.1, 0.15) is 0 Å². The molecule has 5 nitrogen and oxygen atoms in total. The third-order valence-corrected chi connectivity index (χ3v) is 1.68. The molecule has 0 saturated carbocycles. The Morgan fingerprint density at radius 1 is 1.73 bits per heavy atom. The highest BCUT2D eigenvalue weighted by atomic mass is 16.5. The molecule has 1 rings (SSSR count). The van der Waals surface area contributed by atoms with Crippen LogP contribution in [0.3, 0.4) is 0 Å². The van der Waals surface area contributed by atoms with Crippen LogP contribution in [0.5, 0.6) is 0 Å². The molecular formula is C6H11NO4. The number of nitrogens with zero attached hydrogens (tertiary/aromatic N) is 1. The highest BCUT2D eigenvalue weighted by molar-refractivity contribution is 5.65. The quantitative estimate of drug-likeness (QED) is 0.536. The molecule has 1 atom stereocenters. The van der Waals surface area contributed by atoms with Gasteiger partial charge in [0.05, 0.1) is 25.9 Å². The number of morpholine rings is 1. The molecule has 1 aliphatic rings. The van der Waals surface area contributed by atoms with Gasteiger partial charge in [-0.3, -0.25) is 4.90 Å². The summed E-state index contributed by atoms with van der Waals surface area (Å²) in [7, 11) is 0. The zero-order valence-electron chi connectivity index (χ0n) is 6.06.